The number of piperidine rings is 1. The Hall–Kier alpha value is -1.82. The molecule has 1 aromatic heterocycles. The van der Waals surface area contributed by atoms with E-state index in [4.69, 9.17) is 0 Å². The van der Waals surface area contributed by atoms with Gasteiger partial charge in [-0.3, -0.25) is 4.98 Å². The Morgan fingerprint density at radius 3 is 2.67 bits per heavy atom. The van der Waals surface area contributed by atoms with Crippen LogP contribution in [0, 0.1) is 5.92 Å². The van der Waals surface area contributed by atoms with Crippen LogP contribution in [0.15, 0.2) is 24.5 Å². The summed E-state index contributed by atoms with van der Waals surface area (Å²) in [5.41, 5.74) is 1.25. The molecule has 24 heavy (non-hydrogen) atoms. The van der Waals surface area contributed by atoms with E-state index in [1.165, 1.54) is 18.5 Å². The van der Waals surface area contributed by atoms with Crippen molar-refractivity contribution < 1.29 is 9.90 Å². The number of hydrogen-bond donors (Lipinski definition) is 2. The summed E-state index contributed by atoms with van der Waals surface area (Å²) in [5, 5.41) is 12.3. The molecule has 0 aromatic carbocycles. The van der Waals surface area contributed by atoms with E-state index in [2.05, 4.69) is 27.3 Å². The Morgan fingerprint density at radius 1 is 1.21 bits per heavy atom. The van der Waals surface area contributed by atoms with Gasteiger partial charge in [0.15, 0.2) is 0 Å². The average Bonchev–Trinajstić information content (AvgIpc) is 3.12. The molecule has 0 unspecified atom stereocenters. The van der Waals surface area contributed by atoms with E-state index in [1.807, 2.05) is 12.4 Å². The first-order valence-electron chi connectivity index (χ1n) is 9.08. The van der Waals surface area contributed by atoms with Crippen LogP contribution in [-0.4, -0.2) is 59.8 Å². The van der Waals surface area contributed by atoms with Gasteiger partial charge >= 0.3 is 6.03 Å². The minimum Gasteiger partial charge on any atom is -0.394 e. The molecule has 2 aliphatic heterocycles. The highest BCUT2D eigenvalue weighted by Gasteiger charge is 2.28. The molecular formula is C18H28N4O2. The SMILES string of the molecule is O=C(NCCC1CCN(c2ccncc2)CC1)N1CCC[C@@H]1CO. The van der Waals surface area contributed by atoms with E-state index in [-0.39, 0.29) is 18.7 Å². The van der Waals surface area contributed by atoms with E-state index >= 15 is 0 Å². The van der Waals surface area contributed by atoms with Gasteiger partial charge in [0.2, 0.25) is 0 Å². The Labute approximate surface area is 143 Å². The topological polar surface area (TPSA) is 68.7 Å². The normalized spacial score (nSPS) is 22.0. The minimum atomic E-state index is -0.0132. The predicted molar refractivity (Wildman–Crippen MR) is 94.0 cm³/mol. The molecule has 1 atom stereocenters. The molecule has 3 rings (SSSR count). The number of hydrogen-bond acceptors (Lipinski definition) is 4. The number of likely N-dealkylation sites (tertiary alicyclic amines) is 1. The van der Waals surface area contributed by atoms with Crippen LogP contribution >= 0.6 is 0 Å². The molecule has 0 radical (unpaired) electrons. The van der Waals surface area contributed by atoms with Crippen molar-refractivity contribution in [3.05, 3.63) is 24.5 Å². The zero-order valence-corrected chi connectivity index (χ0v) is 14.2. The highest BCUT2D eigenvalue weighted by molar-refractivity contribution is 5.74. The standard InChI is InChI=1S/C18H28N4O2/c23-14-17-2-1-11-22(17)18(24)20-10-3-15-6-12-21(13-7-15)16-4-8-19-9-5-16/h4-5,8-9,15,17,23H,1-3,6-7,10-14H2,(H,20,24)/t17-/m1/s1. The lowest BCUT2D eigenvalue weighted by molar-refractivity contribution is 0.156. The largest absolute Gasteiger partial charge is 0.394 e. The number of rotatable bonds is 5. The molecule has 2 saturated heterocycles. The van der Waals surface area contributed by atoms with E-state index < -0.39 is 0 Å². The molecule has 2 fully saturated rings. The summed E-state index contributed by atoms with van der Waals surface area (Å²) >= 11 is 0. The second kappa shape index (κ2) is 8.33. The van der Waals surface area contributed by atoms with Crippen molar-refractivity contribution in [3.8, 4) is 0 Å². The van der Waals surface area contributed by atoms with Crippen molar-refractivity contribution >= 4 is 11.7 Å². The number of aromatic nitrogens is 1. The summed E-state index contributed by atoms with van der Waals surface area (Å²) in [5.74, 6) is 0.676. The Morgan fingerprint density at radius 2 is 1.96 bits per heavy atom. The Balaban J connectivity index is 1.36. The van der Waals surface area contributed by atoms with Gasteiger partial charge in [-0.2, -0.15) is 0 Å². The first kappa shape index (κ1) is 17.0. The summed E-state index contributed by atoms with van der Waals surface area (Å²) < 4.78 is 0. The van der Waals surface area contributed by atoms with Crippen LogP contribution in [0.25, 0.3) is 0 Å². The maximum atomic E-state index is 12.2. The van der Waals surface area contributed by atoms with Gasteiger partial charge in [-0.25, -0.2) is 4.79 Å². The number of pyridine rings is 1. The number of carbonyl (C=O) groups excluding carboxylic acids is 1. The van der Waals surface area contributed by atoms with E-state index in [0.717, 1.165) is 45.4 Å². The molecule has 132 valence electrons. The lowest BCUT2D eigenvalue weighted by atomic mass is 9.93. The summed E-state index contributed by atoms with van der Waals surface area (Å²) in [4.78, 5) is 20.4. The van der Waals surface area contributed by atoms with Crippen molar-refractivity contribution in [1.29, 1.82) is 0 Å². The van der Waals surface area contributed by atoms with Gasteiger partial charge in [0.05, 0.1) is 12.6 Å². The van der Waals surface area contributed by atoms with Gasteiger partial charge in [0.25, 0.3) is 0 Å². The first-order chi connectivity index (χ1) is 11.8. The number of nitrogens with one attached hydrogen (secondary N) is 1. The van der Waals surface area contributed by atoms with Crippen molar-refractivity contribution in [2.75, 3.05) is 37.7 Å². The highest BCUT2D eigenvalue weighted by atomic mass is 16.3. The molecule has 6 heteroatoms. The Bertz CT molecular complexity index is 517. The smallest absolute Gasteiger partial charge is 0.317 e. The summed E-state index contributed by atoms with van der Waals surface area (Å²) in [6.07, 6.45) is 8.96. The predicted octanol–water partition coefficient (Wildman–Crippen LogP) is 1.85. The molecule has 0 bridgehead atoms. The van der Waals surface area contributed by atoms with Crippen molar-refractivity contribution in [3.63, 3.8) is 0 Å². The van der Waals surface area contributed by atoms with Crippen LogP contribution in [-0.2, 0) is 0 Å². The molecular weight excluding hydrogens is 304 g/mol. The number of urea groups is 1. The molecule has 0 spiro atoms. The van der Waals surface area contributed by atoms with Crippen LogP contribution < -0.4 is 10.2 Å². The van der Waals surface area contributed by atoms with Crippen LogP contribution in [0.2, 0.25) is 0 Å². The van der Waals surface area contributed by atoms with Crippen LogP contribution in [0.1, 0.15) is 32.1 Å². The first-order valence-corrected chi connectivity index (χ1v) is 9.08. The van der Waals surface area contributed by atoms with Gasteiger partial charge in [-0.15, -0.1) is 0 Å². The van der Waals surface area contributed by atoms with Crippen LogP contribution in [0.3, 0.4) is 0 Å². The second-order valence-corrected chi connectivity index (χ2v) is 6.83. The fourth-order valence-electron chi connectivity index (χ4n) is 3.81. The van der Waals surface area contributed by atoms with Gasteiger partial charge in [0, 0.05) is 44.3 Å². The van der Waals surface area contributed by atoms with E-state index in [0.29, 0.717) is 5.92 Å². The highest BCUT2D eigenvalue weighted by Crippen LogP contribution is 2.24. The van der Waals surface area contributed by atoms with E-state index in [9.17, 15) is 9.90 Å². The van der Waals surface area contributed by atoms with Gasteiger partial charge in [0.1, 0.15) is 0 Å². The Kier molecular flexibility index (Phi) is 5.91. The third-order valence-corrected chi connectivity index (χ3v) is 5.32. The zero-order chi connectivity index (χ0) is 16.8. The van der Waals surface area contributed by atoms with Crippen molar-refractivity contribution in [2.24, 2.45) is 5.92 Å². The molecule has 2 N–H and O–H groups in total. The zero-order valence-electron chi connectivity index (χ0n) is 14.2. The fourth-order valence-corrected chi connectivity index (χ4v) is 3.81. The average molecular weight is 332 g/mol. The number of aliphatic hydroxyl groups excluding tert-OH is 1. The number of aliphatic hydroxyl groups is 1. The number of carbonyl (C=O) groups is 1. The monoisotopic (exact) mass is 332 g/mol. The van der Waals surface area contributed by atoms with Gasteiger partial charge in [-0.05, 0) is 50.2 Å². The quantitative estimate of drug-likeness (QED) is 0.863. The summed E-state index contributed by atoms with van der Waals surface area (Å²) in [6.45, 7) is 3.71. The summed E-state index contributed by atoms with van der Waals surface area (Å²) in [7, 11) is 0. The number of amides is 2. The molecule has 2 aliphatic rings. The fraction of sp³-hybridized carbons (Fsp3) is 0.667. The molecule has 3 heterocycles. The van der Waals surface area contributed by atoms with Gasteiger partial charge in [-0.1, -0.05) is 0 Å². The van der Waals surface area contributed by atoms with Crippen molar-refractivity contribution in [1.82, 2.24) is 15.2 Å². The maximum Gasteiger partial charge on any atom is 0.317 e. The molecule has 1 aromatic rings. The lowest BCUT2D eigenvalue weighted by Gasteiger charge is -2.33. The van der Waals surface area contributed by atoms with Crippen LogP contribution in [0.5, 0.6) is 0 Å². The van der Waals surface area contributed by atoms with E-state index in [1.54, 1.807) is 4.90 Å². The lowest BCUT2D eigenvalue weighted by Crippen LogP contribution is -2.45. The minimum absolute atomic E-state index is 0.00796. The van der Waals surface area contributed by atoms with Crippen molar-refractivity contribution in [2.45, 2.75) is 38.1 Å². The molecule has 6 nitrogen and oxygen atoms in total. The number of nitrogens with zero attached hydrogens (tertiary/aromatic N) is 3. The molecule has 0 aliphatic carbocycles. The number of anilines is 1. The molecule has 2 amide bonds. The van der Waals surface area contributed by atoms with Gasteiger partial charge < -0.3 is 20.2 Å². The third-order valence-electron chi connectivity index (χ3n) is 5.32. The third kappa shape index (κ3) is 4.17. The maximum absolute atomic E-state index is 12.2. The second-order valence-electron chi connectivity index (χ2n) is 6.83. The van der Waals surface area contributed by atoms with Crippen LogP contribution in [0.4, 0.5) is 10.5 Å². The molecule has 0 saturated carbocycles. The summed E-state index contributed by atoms with van der Waals surface area (Å²) in [6, 6.07) is 4.12.